The van der Waals surface area contributed by atoms with Gasteiger partial charge in [0.1, 0.15) is 12.7 Å². The molecule has 0 radical (unpaired) electrons. The van der Waals surface area contributed by atoms with Crippen LogP contribution >= 0.6 is 7.14 Å². The standard InChI is InChI=1S/C18H21O3P/c1-14(19)18(2)17(21-18)13-22(20,15-9-5-3-6-10-15)16-11-7-4-8-12-16/h3-12,14,17,19H,13H2,1-2H3/t14-,17-,18-/m0/s1. The van der Waals surface area contributed by atoms with Crippen molar-refractivity contribution in [1.29, 1.82) is 0 Å². The number of hydrogen-bond acceptors (Lipinski definition) is 3. The molecule has 4 heteroatoms. The van der Waals surface area contributed by atoms with Crippen LogP contribution in [0.5, 0.6) is 0 Å². The minimum Gasteiger partial charge on any atom is -0.390 e. The maximum atomic E-state index is 13.8. The van der Waals surface area contributed by atoms with Gasteiger partial charge in [-0.25, -0.2) is 0 Å². The average molecular weight is 316 g/mol. The summed E-state index contributed by atoms with van der Waals surface area (Å²) in [6, 6.07) is 19.1. The molecule has 0 saturated carbocycles. The highest BCUT2D eigenvalue weighted by atomic mass is 31.2. The monoisotopic (exact) mass is 316 g/mol. The molecule has 3 nitrogen and oxygen atoms in total. The Morgan fingerprint density at radius 2 is 1.55 bits per heavy atom. The Bertz CT molecular complexity index is 640. The van der Waals surface area contributed by atoms with Crippen LogP contribution in [0.3, 0.4) is 0 Å². The third kappa shape index (κ3) is 2.65. The van der Waals surface area contributed by atoms with Gasteiger partial charge in [0.05, 0.1) is 12.2 Å². The number of epoxide rings is 1. The van der Waals surface area contributed by atoms with E-state index in [-0.39, 0.29) is 6.10 Å². The van der Waals surface area contributed by atoms with Gasteiger partial charge in [0, 0.05) is 16.8 Å². The van der Waals surface area contributed by atoms with Crippen molar-refractivity contribution in [3.8, 4) is 0 Å². The zero-order chi connectivity index (χ0) is 15.8. The predicted molar refractivity (Wildman–Crippen MR) is 89.6 cm³/mol. The second-order valence-electron chi connectivity index (χ2n) is 6.06. The molecular weight excluding hydrogens is 295 g/mol. The summed E-state index contributed by atoms with van der Waals surface area (Å²) in [7, 11) is -2.77. The Morgan fingerprint density at radius 1 is 1.09 bits per heavy atom. The van der Waals surface area contributed by atoms with E-state index in [1.807, 2.05) is 67.6 Å². The van der Waals surface area contributed by atoms with E-state index in [2.05, 4.69) is 0 Å². The molecule has 1 fully saturated rings. The number of aliphatic hydroxyl groups is 1. The summed E-state index contributed by atoms with van der Waals surface area (Å²) in [6.45, 7) is 3.60. The molecule has 0 aromatic heterocycles. The van der Waals surface area contributed by atoms with Crippen LogP contribution in [-0.2, 0) is 9.30 Å². The molecule has 3 atom stereocenters. The molecule has 116 valence electrons. The lowest BCUT2D eigenvalue weighted by Gasteiger charge is -2.19. The molecule has 1 saturated heterocycles. The van der Waals surface area contributed by atoms with Gasteiger partial charge >= 0.3 is 0 Å². The zero-order valence-corrected chi connectivity index (χ0v) is 13.7. The van der Waals surface area contributed by atoms with Gasteiger partial charge in [0.2, 0.25) is 0 Å². The van der Waals surface area contributed by atoms with Crippen LogP contribution in [0, 0.1) is 0 Å². The summed E-state index contributed by atoms with van der Waals surface area (Å²) < 4.78 is 19.5. The fourth-order valence-corrected chi connectivity index (χ4v) is 5.72. The van der Waals surface area contributed by atoms with Gasteiger partial charge in [-0.15, -0.1) is 0 Å². The minimum atomic E-state index is -2.77. The van der Waals surface area contributed by atoms with Gasteiger partial charge in [-0.05, 0) is 13.8 Å². The summed E-state index contributed by atoms with van der Waals surface area (Å²) in [5.74, 6) is 0. The van der Waals surface area contributed by atoms with Crippen LogP contribution in [0.1, 0.15) is 13.8 Å². The lowest BCUT2D eigenvalue weighted by Crippen LogP contribution is -2.29. The molecule has 1 heterocycles. The van der Waals surface area contributed by atoms with Gasteiger partial charge in [-0.1, -0.05) is 60.7 Å². The van der Waals surface area contributed by atoms with Crippen LogP contribution in [0.2, 0.25) is 0 Å². The van der Waals surface area contributed by atoms with Crippen LogP contribution in [0.4, 0.5) is 0 Å². The maximum Gasteiger partial charge on any atom is 0.145 e. The molecule has 0 bridgehead atoms. The number of ether oxygens (including phenoxy) is 1. The Hall–Kier alpha value is -1.41. The second kappa shape index (κ2) is 5.66. The fraction of sp³-hybridized carbons (Fsp3) is 0.333. The highest BCUT2D eigenvalue weighted by molar-refractivity contribution is 7.78. The Balaban J connectivity index is 1.97. The molecule has 0 aliphatic carbocycles. The van der Waals surface area contributed by atoms with Gasteiger partial charge in [0.25, 0.3) is 0 Å². The molecule has 0 unspecified atom stereocenters. The van der Waals surface area contributed by atoms with Crippen molar-refractivity contribution in [2.24, 2.45) is 0 Å². The van der Waals surface area contributed by atoms with E-state index in [9.17, 15) is 9.67 Å². The number of rotatable bonds is 5. The van der Waals surface area contributed by atoms with E-state index in [1.165, 1.54) is 0 Å². The molecule has 2 aromatic carbocycles. The lowest BCUT2D eigenvalue weighted by molar-refractivity contribution is 0.101. The summed E-state index contributed by atoms with van der Waals surface area (Å²) in [5, 5.41) is 11.5. The van der Waals surface area contributed by atoms with Crippen molar-refractivity contribution in [3.05, 3.63) is 60.7 Å². The third-order valence-corrected chi connectivity index (χ3v) is 7.69. The van der Waals surface area contributed by atoms with E-state index >= 15 is 0 Å². The normalized spacial score (nSPS) is 25.7. The SMILES string of the molecule is C[C@H](O)[C@]1(C)O[C@H]1CP(=O)(c1ccccc1)c1ccccc1. The smallest absolute Gasteiger partial charge is 0.145 e. The fourth-order valence-electron chi connectivity index (χ4n) is 2.79. The summed E-state index contributed by atoms with van der Waals surface area (Å²) in [6.07, 6.45) is -0.334. The van der Waals surface area contributed by atoms with E-state index in [4.69, 9.17) is 4.74 Å². The van der Waals surface area contributed by atoms with Gasteiger partial charge < -0.3 is 14.4 Å². The molecule has 1 aliphatic rings. The lowest BCUT2D eigenvalue weighted by atomic mass is 10.0. The van der Waals surface area contributed by atoms with Crippen LogP contribution in [-0.4, -0.2) is 29.1 Å². The zero-order valence-electron chi connectivity index (χ0n) is 12.8. The number of aliphatic hydroxyl groups excluding tert-OH is 1. The van der Waals surface area contributed by atoms with Crippen molar-refractivity contribution in [3.63, 3.8) is 0 Å². The second-order valence-corrected chi connectivity index (χ2v) is 8.94. The Labute approximate surface area is 131 Å². The van der Waals surface area contributed by atoms with Crippen molar-refractivity contribution in [2.75, 3.05) is 6.16 Å². The van der Waals surface area contributed by atoms with Gasteiger partial charge in [-0.2, -0.15) is 0 Å². The molecule has 0 spiro atoms. The van der Waals surface area contributed by atoms with Gasteiger partial charge in [0.15, 0.2) is 0 Å². The predicted octanol–water partition coefficient (Wildman–Crippen LogP) is 2.54. The largest absolute Gasteiger partial charge is 0.390 e. The molecule has 22 heavy (non-hydrogen) atoms. The molecule has 3 rings (SSSR count). The quantitative estimate of drug-likeness (QED) is 0.681. The highest BCUT2D eigenvalue weighted by Gasteiger charge is 2.58. The van der Waals surface area contributed by atoms with Crippen molar-refractivity contribution in [1.82, 2.24) is 0 Å². The van der Waals surface area contributed by atoms with Crippen LogP contribution in [0.15, 0.2) is 60.7 Å². The van der Waals surface area contributed by atoms with E-state index in [1.54, 1.807) is 6.92 Å². The van der Waals surface area contributed by atoms with Crippen LogP contribution in [0.25, 0.3) is 0 Å². The summed E-state index contributed by atoms with van der Waals surface area (Å²) in [4.78, 5) is 0. The minimum absolute atomic E-state index is 0.182. The van der Waals surface area contributed by atoms with Crippen molar-refractivity contribution in [2.45, 2.75) is 31.7 Å². The molecular formula is C18H21O3P. The first-order chi connectivity index (χ1) is 10.5. The summed E-state index contributed by atoms with van der Waals surface area (Å²) >= 11 is 0. The van der Waals surface area contributed by atoms with E-state index < -0.39 is 18.8 Å². The molecule has 2 aromatic rings. The Kier molecular flexibility index (Phi) is 3.98. The molecule has 0 amide bonds. The topological polar surface area (TPSA) is 49.8 Å². The van der Waals surface area contributed by atoms with E-state index in [0.29, 0.717) is 6.16 Å². The van der Waals surface area contributed by atoms with Crippen molar-refractivity contribution >= 4 is 17.8 Å². The maximum absolute atomic E-state index is 13.8. The highest BCUT2D eigenvalue weighted by Crippen LogP contribution is 2.52. The Morgan fingerprint density at radius 3 is 1.91 bits per heavy atom. The van der Waals surface area contributed by atoms with Crippen LogP contribution < -0.4 is 10.6 Å². The van der Waals surface area contributed by atoms with E-state index in [0.717, 1.165) is 10.6 Å². The van der Waals surface area contributed by atoms with Crippen molar-refractivity contribution < 1.29 is 14.4 Å². The number of hydrogen-bond donors (Lipinski definition) is 1. The first-order valence-corrected chi connectivity index (χ1v) is 9.42. The summed E-state index contributed by atoms with van der Waals surface area (Å²) in [5.41, 5.74) is -0.584. The first-order valence-electron chi connectivity index (χ1n) is 7.53. The van der Waals surface area contributed by atoms with Gasteiger partial charge in [-0.3, -0.25) is 0 Å². The average Bonchev–Trinajstić information content (AvgIpc) is 3.20. The third-order valence-electron chi connectivity index (χ3n) is 4.58. The molecule has 1 N–H and O–H groups in total. The molecule has 1 aliphatic heterocycles. The first kappa shape index (κ1) is 15.5. The number of benzene rings is 2.